The van der Waals surface area contributed by atoms with Gasteiger partial charge in [0, 0.05) is 52.0 Å². The van der Waals surface area contributed by atoms with E-state index < -0.39 is 5.60 Å². The predicted molar refractivity (Wildman–Crippen MR) is 141 cm³/mol. The van der Waals surface area contributed by atoms with Crippen molar-refractivity contribution < 1.29 is 14.3 Å². The van der Waals surface area contributed by atoms with Gasteiger partial charge in [0.25, 0.3) is 0 Å². The normalized spacial score (nSPS) is 25.2. The number of carbonyl (C=O) groups excluding carboxylic acids is 2. The van der Waals surface area contributed by atoms with E-state index in [9.17, 15) is 9.59 Å². The van der Waals surface area contributed by atoms with E-state index in [0.717, 1.165) is 34.3 Å². The smallest absolute Gasteiger partial charge is 0.339 e. The molecule has 4 aromatic rings. The van der Waals surface area contributed by atoms with Crippen LogP contribution in [0.5, 0.6) is 0 Å². The van der Waals surface area contributed by atoms with Crippen molar-refractivity contribution in [3.05, 3.63) is 107 Å². The number of hydrogen-bond acceptors (Lipinski definition) is 3. The Balaban J connectivity index is 1.36. The molecule has 0 saturated heterocycles. The topological polar surface area (TPSA) is 48.3 Å². The maximum atomic E-state index is 14.2. The number of para-hydroxylation sites is 1. The van der Waals surface area contributed by atoms with Crippen LogP contribution in [0.1, 0.15) is 64.2 Å². The molecule has 182 valence electrons. The molecule has 0 radical (unpaired) electrons. The predicted octanol–water partition coefficient (Wildman–Crippen LogP) is 6.93. The molecule has 4 atom stereocenters. The molecule has 6 rings (SSSR count). The maximum absolute atomic E-state index is 14.2. The lowest BCUT2D eigenvalue weighted by atomic mass is 9.62. The van der Waals surface area contributed by atoms with Crippen LogP contribution in [-0.2, 0) is 16.9 Å². The largest absolute Gasteiger partial charge is 0.450 e. The third-order valence-electron chi connectivity index (χ3n) is 8.60. The summed E-state index contributed by atoms with van der Waals surface area (Å²) in [5.41, 5.74) is 5.16. The molecular weight excluding hydrogens is 446 g/mol. The molecule has 0 N–H and O–H groups in total. The summed E-state index contributed by atoms with van der Waals surface area (Å²) in [6, 6.07) is 26.4. The van der Waals surface area contributed by atoms with Crippen molar-refractivity contribution in [1.29, 1.82) is 0 Å². The van der Waals surface area contributed by atoms with E-state index >= 15 is 0 Å². The first-order chi connectivity index (χ1) is 17.4. The number of benzene rings is 3. The van der Waals surface area contributed by atoms with Gasteiger partial charge >= 0.3 is 5.97 Å². The van der Waals surface area contributed by atoms with Gasteiger partial charge in [-0.3, -0.25) is 4.79 Å². The van der Waals surface area contributed by atoms with Crippen molar-refractivity contribution in [3.8, 4) is 0 Å². The van der Waals surface area contributed by atoms with E-state index in [1.165, 1.54) is 5.56 Å². The molecule has 2 aliphatic rings. The van der Waals surface area contributed by atoms with Crippen LogP contribution in [0.15, 0.2) is 78.9 Å². The molecule has 36 heavy (non-hydrogen) atoms. The number of Topliss-reactive ketones (excluding diaryl/α,β-unsaturated/α-hetero) is 1. The third kappa shape index (κ3) is 3.27. The SMILES string of the molecule is Cc1c(C(=O)C2C[C@@H](C)C3(OC(=O)c4ccccc43)[C@@H](C)C2)c2ccccc2n1Cc1ccccc1. The molecule has 2 heterocycles. The lowest BCUT2D eigenvalue weighted by Gasteiger charge is -2.46. The van der Waals surface area contributed by atoms with Gasteiger partial charge in [0.15, 0.2) is 5.78 Å². The van der Waals surface area contributed by atoms with Gasteiger partial charge in [0.1, 0.15) is 5.60 Å². The fraction of sp³-hybridized carbons (Fsp3) is 0.312. The highest BCUT2D eigenvalue weighted by Gasteiger charge is 2.56. The van der Waals surface area contributed by atoms with Crippen LogP contribution in [0.3, 0.4) is 0 Å². The number of aromatic nitrogens is 1. The number of carbonyl (C=O) groups is 2. The standard InChI is InChI=1S/C32H31NO3/c1-20-17-24(18-21(2)32(20)27-15-9-7-13-25(27)31(35)36-32)30(34)29-22(3)33(19-23-11-5-4-6-12-23)28-16-10-8-14-26(28)29/h4-16,20-21,24H,17-19H2,1-3H3/t20-,21+,24?,32?. The fourth-order valence-corrected chi connectivity index (χ4v) is 6.91. The van der Waals surface area contributed by atoms with Crippen LogP contribution in [0.2, 0.25) is 0 Å². The Morgan fingerprint density at radius 1 is 0.917 bits per heavy atom. The highest BCUT2D eigenvalue weighted by Crippen LogP contribution is 2.55. The summed E-state index contributed by atoms with van der Waals surface area (Å²) in [6.45, 7) is 7.07. The first kappa shape index (κ1) is 22.8. The van der Waals surface area contributed by atoms with Crippen molar-refractivity contribution in [2.75, 3.05) is 0 Å². The van der Waals surface area contributed by atoms with Gasteiger partial charge in [-0.25, -0.2) is 4.79 Å². The summed E-state index contributed by atoms with van der Waals surface area (Å²) in [5.74, 6) is -0.0566. The Labute approximate surface area is 211 Å². The number of rotatable bonds is 4. The lowest BCUT2D eigenvalue weighted by Crippen LogP contribution is -2.47. The Morgan fingerprint density at radius 2 is 1.56 bits per heavy atom. The highest BCUT2D eigenvalue weighted by molar-refractivity contribution is 6.10. The van der Waals surface area contributed by atoms with E-state index in [1.54, 1.807) is 0 Å². The average Bonchev–Trinajstić information content (AvgIpc) is 3.35. The minimum absolute atomic E-state index is 0.0424. The number of fused-ring (bicyclic) bond motifs is 3. The number of ketones is 1. The summed E-state index contributed by atoms with van der Waals surface area (Å²) in [5, 5.41) is 1.02. The highest BCUT2D eigenvalue weighted by atomic mass is 16.6. The molecule has 1 aliphatic carbocycles. The van der Waals surface area contributed by atoms with Gasteiger partial charge in [-0.05, 0) is 37.5 Å². The second kappa shape index (κ2) is 8.48. The van der Waals surface area contributed by atoms with E-state index in [2.05, 4.69) is 61.7 Å². The minimum atomic E-state index is -0.652. The molecule has 2 unspecified atom stereocenters. The molecule has 0 bridgehead atoms. The van der Waals surface area contributed by atoms with E-state index in [0.29, 0.717) is 18.4 Å². The molecule has 1 spiro atoms. The second-order valence-corrected chi connectivity index (χ2v) is 10.6. The van der Waals surface area contributed by atoms with Gasteiger partial charge in [0.2, 0.25) is 0 Å². The third-order valence-corrected chi connectivity index (χ3v) is 8.60. The molecule has 1 fully saturated rings. The van der Waals surface area contributed by atoms with Gasteiger partial charge in [0.05, 0.1) is 5.56 Å². The summed E-state index contributed by atoms with van der Waals surface area (Å²) < 4.78 is 8.40. The molecule has 1 saturated carbocycles. The monoisotopic (exact) mass is 477 g/mol. The molecule has 1 aliphatic heterocycles. The molecule has 1 aromatic heterocycles. The average molecular weight is 478 g/mol. The van der Waals surface area contributed by atoms with Crippen LogP contribution < -0.4 is 0 Å². The number of nitrogens with zero attached hydrogens (tertiary/aromatic N) is 1. The molecule has 0 amide bonds. The van der Waals surface area contributed by atoms with Crippen LogP contribution in [-0.4, -0.2) is 16.3 Å². The first-order valence-corrected chi connectivity index (χ1v) is 12.9. The van der Waals surface area contributed by atoms with Crippen molar-refractivity contribution in [2.24, 2.45) is 17.8 Å². The van der Waals surface area contributed by atoms with Crippen LogP contribution in [0, 0.1) is 24.7 Å². The first-order valence-electron chi connectivity index (χ1n) is 12.9. The summed E-state index contributed by atoms with van der Waals surface area (Å²) in [6.07, 6.45) is 1.39. The van der Waals surface area contributed by atoms with E-state index in [-0.39, 0.29) is 29.5 Å². The van der Waals surface area contributed by atoms with Crippen molar-refractivity contribution >= 4 is 22.7 Å². The number of esters is 1. The summed E-state index contributed by atoms with van der Waals surface area (Å²) in [7, 11) is 0. The second-order valence-electron chi connectivity index (χ2n) is 10.6. The Morgan fingerprint density at radius 3 is 2.31 bits per heavy atom. The van der Waals surface area contributed by atoms with Crippen molar-refractivity contribution in [2.45, 2.75) is 45.8 Å². The fourth-order valence-electron chi connectivity index (χ4n) is 6.91. The summed E-state index contributed by atoms with van der Waals surface area (Å²) >= 11 is 0. The van der Waals surface area contributed by atoms with Crippen LogP contribution in [0.4, 0.5) is 0 Å². The number of ether oxygens (including phenoxy) is 1. The van der Waals surface area contributed by atoms with Gasteiger partial charge in [-0.2, -0.15) is 0 Å². The maximum Gasteiger partial charge on any atom is 0.339 e. The molecular formula is C32H31NO3. The van der Waals surface area contributed by atoms with E-state index in [4.69, 9.17) is 4.74 Å². The Bertz CT molecular complexity index is 1470. The van der Waals surface area contributed by atoms with Crippen molar-refractivity contribution in [1.82, 2.24) is 4.57 Å². The number of hydrogen-bond donors (Lipinski definition) is 0. The zero-order valence-electron chi connectivity index (χ0n) is 21.0. The molecule has 4 heteroatoms. The Hall–Kier alpha value is -3.66. The quantitative estimate of drug-likeness (QED) is 0.237. The minimum Gasteiger partial charge on any atom is -0.450 e. The van der Waals surface area contributed by atoms with Gasteiger partial charge in [-0.1, -0.05) is 80.6 Å². The molecule has 4 nitrogen and oxygen atoms in total. The van der Waals surface area contributed by atoms with Gasteiger partial charge < -0.3 is 9.30 Å². The van der Waals surface area contributed by atoms with Gasteiger partial charge in [-0.15, -0.1) is 0 Å². The van der Waals surface area contributed by atoms with E-state index in [1.807, 2.05) is 42.5 Å². The lowest BCUT2D eigenvalue weighted by molar-refractivity contribution is -0.100. The zero-order valence-corrected chi connectivity index (χ0v) is 21.0. The Kier molecular flexibility index (Phi) is 5.36. The molecule has 3 aromatic carbocycles. The van der Waals surface area contributed by atoms with Crippen molar-refractivity contribution in [3.63, 3.8) is 0 Å². The summed E-state index contributed by atoms with van der Waals surface area (Å²) in [4.78, 5) is 26.9. The van der Waals surface area contributed by atoms with Crippen LogP contribution >= 0.6 is 0 Å². The van der Waals surface area contributed by atoms with Crippen LogP contribution in [0.25, 0.3) is 10.9 Å². The zero-order chi connectivity index (χ0) is 25.0.